The lowest BCUT2D eigenvalue weighted by molar-refractivity contribution is 0.0168. The van der Waals surface area contributed by atoms with Gasteiger partial charge in [-0.05, 0) is 79.0 Å². The molecular weight excluding hydrogens is 418 g/mol. The van der Waals surface area contributed by atoms with E-state index >= 15 is 0 Å². The molecule has 2 heterocycles. The van der Waals surface area contributed by atoms with E-state index in [1.807, 2.05) is 65.8 Å². The van der Waals surface area contributed by atoms with E-state index in [1.165, 1.54) is 6.26 Å². The molecule has 7 heteroatoms. The van der Waals surface area contributed by atoms with Crippen LogP contribution in [-0.4, -0.2) is 45.8 Å². The number of amides is 1. The third kappa shape index (κ3) is 10.5. The number of nitrogens with zero attached hydrogens (tertiary/aromatic N) is 2. The normalized spacial score (nSPS) is 16.6. The number of allylic oxidation sites excluding steroid dienone is 4. The number of carbonyl (C=O) groups is 1. The Morgan fingerprint density at radius 1 is 1.33 bits per heavy atom. The minimum Gasteiger partial charge on any atom is -0.500 e. The summed E-state index contributed by atoms with van der Waals surface area (Å²) in [6, 6.07) is 0.650. The first-order valence-electron chi connectivity index (χ1n) is 11.6. The number of hydrogen-bond acceptors (Lipinski definition) is 5. The first-order chi connectivity index (χ1) is 15.6. The molecule has 1 aliphatic heterocycles. The fraction of sp³-hybridized carbons (Fsp3) is 0.538. The van der Waals surface area contributed by atoms with Gasteiger partial charge < -0.3 is 24.1 Å². The van der Waals surface area contributed by atoms with E-state index in [0.29, 0.717) is 12.6 Å². The summed E-state index contributed by atoms with van der Waals surface area (Å²) in [5, 5.41) is 0. The average molecular weight is 460 g/mol. The van der Waals surface area contributed by atoms with Crippen LogP contribution in [0.4, 0.5) is 4.79 Å². The second-order valence-corrected chi connectivity index (χ2v) is 8.63. The average Bonchev–Trinajstić information content (AvgIpc) is 3.35. The lowest BCUT2D eigenvalue weighted by Gasteiger charge is -2.28. The molecule has 2 rings (SSSR count). The van der Waals surface area contributed by atoms with Crippen molar-refractivity contribution < 1.29 is 19.0 Å². The van der Waals surface area contributed by atoms with Crippen molar-refractivity contribution in [2.45, 2.75) is 79.4 Å². The maximum Gasteiger partial charge on any atom is 0.410 e. The third-order valence-corrected chi connectivity index (χ3v) is 4.65. The molecule has 0 radical (unpaired) electrons. The second-order valence-electron chi connectivity index (χ2n) is 8.63. The summed E-state index contributed by atoms with van der Waals surface area (Å²) in [5.74, 6) is 0.785. The molecule has 0 saturated carbocycles. The molecule has 1 saturated heterocycles. The summed E-state index contributed by atoms with van der Waals surface area (Å²) >= 11 is 0. The van der Waals surface area contributed by atoms with Gasteiger partial charge in [0.2, 0.25) is 0 Å². The number of nitrogens with one attached hydrogen (secondary N) is 1. The molecule has 33 heavy (non-hydrogen) atoms. The molecule has 1 aliphatic rings. The van der Waals surface area contributed by atoms with Gasteiger partial charge in [-0.15, -0.1) is 0 Å². The second kappa shape index (κ2) is 14.2. The Bertz CT molecular complexity index is 831. The van der Waals surface area contributed by atoms with Gasteiger partial charge in [0, 0.05) is 12.2 Å². The van der Waals surface area contributed by atoms with Crippen LogP contribution in [-0.2, 0) is 9.47 Å². The van der Waals surface area contributed by atoms with Crippen molar-refractivity contribution in [2.24, 2.45) is 0 Å². The van der Waals surface area contributed by atoms with Crippen LogP contribution >= 0.6 is 0 Å². The molecule has 0 aromatic carbocycles. The Morgan fingerprint density at radius 2 is 2.06 bits per heavy atom. The van der Waals surface area contributed by atoms with Crippen LogP contribution in [0.5, 0.6) is 6.01 Å². The number of aryl methyl sites for hydroxylation is 1. The van der Waals surface area contributed by atoms with E-state index in [-0.39, 0.29) is 12.1 Å². The standard InChI is InChI=1S/C14H20N2O.C12H21NO3/c1-5-8-10-13-11(4)15-14(16-13)17-12(7-3)9-6-2;1-5-15-9-10-7-6-8-13(10)11(14)16-12(2,3)4/h6-10H,5H2,1-4H3,(H,15,16);5,10H,1,6-9H2,2-4H3/b9-6-,10-8-,12-7+;. The molecule has 1 amide bonds. The number of likely N-dealkylation sites (tertiary alicyclic amines) is 1. The molecule has 1 unspecified atom stereocenters. The van der Waals surface area contributed by atoms with Gasteiger partial charge in [-0.3, -0.25) is 0 Å². The quantitative estimate of drug-likeness (QED) is 0.352. The van der Waals surface area contributed by atoms with Gasteiger partial charge in [-0.25, -0.2) is 4.79 Å². The smallest absolute Gasteiger partial charge is 0.410 e. The summed E-state index contributed by atoms with van der Waals surface area (Å²) in [7, 11) is 0. The maximum atomic E-state index is 11.9. The molecule has 1 N–H and O–H groups in total. The first-order valence-corrected chi connectivity index (χ1v) is 11.6. The first kappa shape index (κ1) is 28.1. The van der Waals surface area contributed by atoms with Crippen molar-refractivity contribution in [1.82, 2.24) is 14.9 Å². The van der Waals surface area contributed by atoms with Gasteiger partial charge in [0.15, 0.2) is 0 Å². The number of ether oxygens (including phenoxy) is 3. The lowest BCUT2D eigenvalue weighted by Crippen LogP contribution is -2.41. The van der Waals surface area contributed by atoms with Crippen molar-refractivity contribution >= 4 is 12.2 Å². The van der Waals surface area contributed by atoms with Gasteiger partial charge in [0.1, 0.15) is 18.0 Å². The van der Waals surface area contributed by atoms with Crippen LogP contribution in [0.1, 0.15) is 72.2 Å². The minimum atomic E-state index is -0.441. The molecule has 7 nitrogen and oxygen atoms in total. The van der Waals surface area contributed by atoms with Crippen molar-refractivity contribution in [1.29, 1.82) is 0 Å². The molecule has 0 aliphatic carbocycles. The predicted octanol–water partition coefficient (Wildman–Crippen LogP) is 6.55. The molecular formula is C26H41N3O4. The van der Waals surface area contributed by atoms with Gasteiger partial charge in [-0.1, -0.05) is 25.7 Å². The Balaban J connectivity index is 0.000000331. The van der Waals surface area contributed by atoms with Crippen LogP contribution in [0.3, 0.4) is 0 Å². The van der Waals surface area contributed by atoms with Crippen molar-refractivity contribution in [2.75, 3.05) is 13.2 Å². The highest BCUT2D eigenvalue weighted by Crippen LogP contribution is 2.21. The van der Waals surface area contributed by atoms with Crippen molar-refractivity contribution in [3.63, 3.8) is 0 Å². The molecule has 0 bridgehead atoms. The van der Waals surface area contributed by atoms with Crippen LogP contribution < -0.4 is 4.74 Å². The number of aromatic nitrogens is 2. The highest BCUT2D eigenvalue weighted by molar-refractivity contribution is 5.69. The van der Waals surface area contributed by atoms with E-state index in [0.717, 1.165) is 43.0 Å². The number of H-pyrrole nitrogens is 1. The molecule has 0 spiro atoms. The molecule has 1 aromatic rings. The molecule has 1 fully saturated rings. The molecule has 1 aromatic heterocycles. The monoisotopic (exact) mass is 459 g/mol. The largest absolute Gasteiger partial charge is 0.500 e. The SMILES string of the molecule is C/C=C\C(=C/C)Oc1nc(/C=C\CC)c(C)[nH]1.C=COCC1CCCN1C(=O)OC(C)(C)C. The van der Waals surface area contributed by atoms with E-state index in [9.17, 15) is 4.79 Å². The van der Waals surface area contributed by atoms with Gasteiger partial charge in [-0.2, -0.15) is 4.98 Å². The zero-order chi connectivity index (χ0) is 24.9. The Hall–Kier alpha value is -2.96. The number of carbonyl (C=O) groups excluding carboxylic acids is 1. The predicted molar refractivity (Wildman–Crippen MR) is 134 cm³/mol. The van der Waals surface area contributed by atoms with E-state index in [1.54, 1.807) is 4.90 Å². The summed E-state index contributed by atoms with van der Waals surface area (Å²) in [4.78, 5) is 21.1. The Morgan fingerprint density at radius 3 is 2.64 bits per heavy atom. The van der Waals surface area contributed by atoms with E-state index < -0.39 is 5.60 Å². The van der Waals surface area contributed by atoms with Crippen molar-refractivity contribution in [3.05, 3.63) is 54.3 Å². The third-order valence-electron chi connectivity index (χ3n) is 4.65. The van der Waals surface area contributed by atoms with Crippen LogP contribution in [0, 0.1) is 6.92 Å². The lowest BCUT2D eigenvalue weighted by atomic mass is 10.2. The van der Waals surface area contributed by atoms with Crippen LogP contribution in [0.2, 0.25) is 0 Å². The fourth-order valence-corrected chi connectivity index (χ4v) is 3.10. The number of aromatic amines is 1. The fourth-order valence-electron chi connectivity index (χ4n) is 3.10. The van der Waals surface area contributed by atoms with Gasteiger partial charge in [0.05, 0.1) is 18.0 Å². The topological polar surface area (TPSA) is 76.7 Å². The van der Waals surface area contributed by atoms with Gasteiger partial charge >= 0.3 is 6.09 Å². The summed E-state index contributed by atoms with van der Waals surface area (Å²) < 4.78 is 16.1. The van der Waals surface area contributed by atoms with Gasteiger partial charge in [0.25, 0.3) is 6.01 Å². The highest BCUT2D eigenvalue weighted by atomic mass is 16.6. The number of rotatable bonds is 8. The summed E-state index contributed by atoms with van der Waals surface area (Å²) in [6.07, 6.45) is 14.0. The minimum absolute atomic E-state index is 0.118. The van der Waals surface area contributed by atoms with Crippen LogP contribution in [0.15, 0.2) is 42.9 Å². The molecule has 184 valence electrons. The highest BCUT2D eigenvalue weighted by Gasteiger charge is 2.32. The Kier molecular flexibility index (Phi) is 12.1. The summed E-state index contributed by atoms with van der Waals surface area (Å²) in [5.41, 5.74) is 1.50. The number of imidazole rings is 1. The Labute approximate surface area is 199 Å². The maximum absolute atomic E-state index is 11.9. The number of hydrogen-bond donors (Lipinski definition) is 1. The zero-order valence-electron chi connectivity index (χ0n) is 21.3. The van der Waals surface area contributed by atoms with Crippen LogP contribution in [0.25, 0.3) is 6.08 Å². The molecule has 1 atom stereocenters. The van der Waals surface area contributed by atoms with E-state index in [4.69, 9.17) is 14.2 Å². The zero-order valence-corrected chi connectivity index (χ0v) is 21.3. The summed E-state index contributed by atoms with van der Waals surface area (Å²) in [6.45, 7) is 18.3. The van der Waals surface area contributed by atoms with E-state index in [2.05, 4.69) is 29.5 Å². The van der Waals surface area contributed by atoms with Crippen molar-refractivity contribution in [3.8, 4) is 6.01 Å².